The monoisotopic (exact) mass is 279 g/mol. The lowest BCUT2D eigenvalue weighted by molar-refractivity contribution is 0.540. The number of nitrogens with one attached hydrogen (secondary N) is 1. The van der Waals surface area contributed by atoms with Gasteiger partial charge in [-0.05, 0) is 44.2 Å². The Labute approximate surface area is 125 Å². The van der Waals surface area contributed by atoms with Crippen LogP contribution in [-0.4, -0.2) is 16.1 Å². The van der Waals surface area contributed by atoms with Crippen LogP contribution in [0.1, 0.15) is 32.1 Å². The van der Waals surface area contributed by atoms with Gasteiger partial charge in [0.1, 0.15) is 5.82 Å². The molecule has 3 aromatic rings. The van der Waals surface area contributed by atoms with Crippen LogP contribution < -0.4 is 5.32 Å². The highest BCUT2D eigenvalue weighted by atomic mass is 15.1. The highest BCUT2D eigenvalue weighted by molar-refractivity contribution is 5.78. The molecule has 0 aliphatic carbocycles. The van der Waals surface area contributed by atoms with Gasteiger partial charge in [0.15, 0.2) is 0 Å². The third-order valence-corrected chi connectivity index (χ3v) is 3.69. The van der Waals surface area contributed by atoms with Crippen LogP contribution in [0.3, 0.4) is 0 Å². The Hall–Kier alpha value is -2.13. The lowest BCUT2D eigenvalue weighted by atomic mass is 10.2. The van der Waals surface area contributed by atoms with E-state index < -0.39 is 0 Å². The van der Waals surface area contributed by atoms with Gasteiger partial charge in [0.05, 0.1) is 17.1 Å². The van der Waals surface area contributed by atoms with Crippen molar-refractivity contribution in [3.05, 3.63) is 60.4 Å². The fraction of sp³-hybridized carbons (Fsp3) is 0.278. The van der Waals surface area contributed by atoms with Crippen LogP contribution in [0.25, 0.3) is 16.7 Å². The van der Waals surface area contributed by atoms with Gasteiger partial charge in [-0.25, -0.2) is 4.98 Å². The molecular weight excluding hydrogens is 258 g/mol. The number of aromatic nitrogens is 2. The summed E-state index contributed by atoms with van der Waals surface area (Å²) in [4.78, 5) is 4.84. The van der Waals surface area contributed by atoms with E-state index in [1.165, 1.54) is 0 Å². The third kappa shape index (κ3) is 2.69. The fourth-order valence-electron chi connectivity index (χ4n) is 2.64. The van der Waals surface area contributed by atoms with Crippen LogP contribution in [0.2, 0.25) is 0 Å². The standard InChI is InChI=1S/C18H21N3/c1-3-13-19-14(2)18-20-16-11-7-8-12-17(16)21(18)15-9-5-4-6-10-15/h4-12,14,19H,3,13H2,1-2H3. The average Bonchev–Trinajstić information content (AvgIpc) is 2.93. The molecule has 1 unspecified atom stereocenters. The summed E-state index contributed by atoms with van der Waals surface area (Å²) in [6.45, 7) is 5.36. The topological polar surface area (TPSA) is 29.9 Å². The van der Waals surface area contributed by atoms with Crippen molar-refractivity contribution in [2.24, 2.45) is 0 Å². The normalized spacial score (nSPS) is 12.7. The van der Waals surface area contributed by atoms with Gasteiger partial charge in [0, 0.05) is 5.69 Å². The highest BCUT2D eigenvalue weighted by Crippen LogP contribution is 2.25. The van der Waals surface area contributed by atoms with Crippen LogP contribution in [-0.2, 0) is 0 Å². The predicted octanol–water partition coefficient (Wildman–Crippen LogP) is 4.09. The molecule has 1 atom stereocenters. The molecule has 0 aliphatic heterocycles. The van der Waals surface area contributed by atoms with E-state index in [9.17, 15) is 0 Å². The van der Waals surface area contributed by atoms with Gasteiger partial charge in [-0.15, -0.1) is 0 Å². The number of hydrogen-bond acceptors (Lipinski definition) is 2. The number of benzene rings is 2. The van der Waals surface area contributed by atoms with Crippen LogP contribution in [0.15, 0.2) is 54.6 Å². The fourth-order valence-corrected chi connectivity index (χ4v) is 2.64. The van der Waals surface area contributed by atoms with E-state index in [4.69, 9.17) is 4.98 Å². The molecule has 2 aromatic carbocycles. The molecule has 1 N–H and O–H groups in total. The molecule has 21 heavy (non-hydrogen) atoms. The van der Waals surface area contributed by atoms with E-state index in [0.717, 1.165) is 35.5 Å². The molecule has 0 spiro atoms. The van der Waals surface area contributed by atoms with Crippen LogP contribution in [0.4, 0.5) is 0 Å². The zero-order valence-electron chi connectivity index (χ0n) is 12.6. The molecule has 3 rings (SSSR count). The molecule has 0 radical (unpaired) electrons. The number of nitrogens with zero attached hydrogens (tertiary/aromatic N) is 2. The minimum Gasteiger partial charge on any atom is -0.308 e. The largest absolute Gasteiger partial charge is 0.308 e. The van der Waals surface area contributed by atoms with Gasteiger partial charge < -0.3 is 5.32 Å². The third-order valence-electron chi connectivity index (χ3n) is 3.69. The van der Waals surface area contributed by atoms with Crippen molar-refractivity contribution in [1.82, 2.24) is 14.9 Å². The van der Waals surface area contributed by atoms with Crippen molar-refractivity contribution in [2.45, 2.75) is 26.3 Å². The maximum Gasteiger partial charge on any atom is 0.131 e. The summed E-state index contributed by atoms with van der Waals surface area (Å²) in [5.74, 6) is 1.07. The molecule has 108 valence electrons. The summed E-state index contributed by atoms with van der Waals surface area (Å²) in [6.07, 6.45) is 1.12. The van der Waals surface area contributed by atoms with Gasteiger partial charge in [0.2, 0.25) is 0 Å². The van der Waals surface area contributed by atoms with Crippen LogP contribution >= 0.6 is 0 Å². The van der Waals surface area contributed by atoms with Gasteiger partial charge in [-0.3, -0.25) is 4.57 Å². The van der Waals surface area contributed by atoms with Gasteiger partial charge in [0.25, 0.3) is 0 Å². The molecule has 0 amide bonds. The zero-order chi connectivity index (χ0) is 14.7. The summed E-state index contributed by atoms with van der Waals surface area (Å²) in [6, 6.07) is 19.0. The average molecular weight is 279 g/mol. The molecule has 0 saturated heterocycles. The number of imidazole rings is 1. The quantitative estimate of drug-likeness (QED) is 0.762. The number of rotatable bonds is 5. The highest BCUT2D eigenvalue weighted by Gasteiger charge is 2.16. The maximum absolute atomic E-state index is 4.84. The van der Waals surface area contributed by atoms with E-state index in [1.807, 2.05) is 12.1 Å². The number of fused-ring (bicyclic) bond motifs is 1. The van der Waals surface area contributed by atoms with Crippen LogP contribution in [0.5, 0.6) is 0 Å². The first-order chi connectivity index (χ1) is 10.3. The van der Waals surface area contributed by atoms with Gasteiger partial charge in [-0.1, -0.05) is 37.3 Å². The zero-order valence-corrected chi connectivity index (χ0v) is 12.6. The summed E-state index contributed by atoms with van der Waals surface area (Å²) in [5, 5.41) is 3.54. The second-order valence-electron chi connectivity index (χ2n) is 5.31. The number of hydrogen-bond donors (Lipinski definition) is 1. The first-order valence-corrected chi connectivity index (χ1v) is 7.57. The molecule has 0 fully saturated rings. The Morgan fingerprint density at radius 1 is 1.05 bits per heavy atom. The SMILES string of the molecule is CCCNC(C)c1nc2ccccc2n1-c1ccccc1. The Morgan fingerprint density at radius 2 is 1.76 bits per heavy atom. The van der Waals surface area contributed by atoms with Crippen molar-refractivity contribution in [2.75, 3.05) is 6.54 Å². The molecule has 3 nitrogen and oxygen atoms in total. The smallest absolute Gasteiger partial charge is 0.131 e. The predicted molar refractivity (Wildman–Crippen MR) is 87.8 cm³/mol. The van der Waals surface area contributed by atoms with E-state index in [2.05, 4.69) is 66.2 Å². The molecule has 1 heterocycles. The summed E-state index contributed by atoms with van der Waals surface area (Å²) in [5.41, 5.74) is 3.36. The summed E-state index contributed by atoms with van der Waals surface area (Å²) >= 11 is 0. The van der Waals surface area contributed by atoms with Crippen molar-refractivity contribution in [1.29, 1.82) is 0 Å². The maximum atomic E-state index is 4.84. The Bertz CT molecular complexity index is 716. The van der Waals surface area contributed by atoms with E-state index >= 15 is 0 Å². The van der Waals surface area contributed by atoms with Gasteiger partial charge in [-0.2, -0.15) is 0 Å². The second-order valence-corrected chi connectivity index (χ2v) is 5.31. The van der Waals surface area contributed by atoms with Gasteiger partial charge >= 0.3 is 0 Å². The molecular formula is C18H21N3. The molecule has 0 saturated carbocycles. The molecule has 0 bridgehead atoms. The first kappa shape index (κ1) is 13.8. The first-order valence-electron chi connectivity index (χ1n) is 7.57. The van der Waals surface area contributed by atoms with E-state index in [0.29, 0.717) is 0 Å². The lowest BCUT2D eigenvalue weighted by Crippen LogP contribution is -2.22. The Balaban J connectivity index is 2.15. The van der Waals surface area contributed by atoms with Crippen molar-refractivity contribution in [3.8, 4) is 5.69 Å². The van der Waals surface area contributed by atoms with Crippen molar-refractivity contribution in [3.63, 3.8) is 0 Å². The van der Waals surface area contributed by atoms with E-state index in [1.54, 1.807) is 0 Å². The minimum absolute atomic E-state index is 0.220. The summed E-state index contributed by atoms with van der Waals surface area (Å²) < 4.78 is 2.25. The molecule has 0 aliphatic rings. The van der Waals surface area contributed by atoms with E-state index in [-0.39, 0.29) is 6.04 Å². The van der Waals surface area contributed by atoms with Crippen molar-refractivity contribution < 1.29 is 0 Å². The molecule has 1 aromatic heterocycles. The molecule has 3 heteroatoms. The lowest BCUT2D eigenvalue weighted by Gasteiger charge is -2.16. The minimum atomic E-state index is 0.220. The van der Waals surface area contributed by atoms with Crippen molar-refractivity contribution >= 4 is 11.0 Å². The van der Waals surface area contributed by atoms with Crippen LogP contribution in [0, 0.1) is 0 Å². The summed E-state index contributed by atoms with van der Waals surface area (Å²) in [7, 11) is 0. The Kier molecular flexibility index (Phi) is 4.02. The number of para-hydroxylation sites is 3. The second kappa shape index (κ2) is 6.10. The Morgan fingerprint density at radius 3 is 2.52 bits per heavy atom.